The molecule has 9 nitrogen and oxygen atoms in total. The van der Waals surface area contributed by atoms with E-state index in [0.717, 1.165) is 5.69 Å². The highest BCUT2D eigenvalue weighted by Crippen LogP contribution is 2.38. The van der Waals surface area contributed by atoms with Crippen LogP contribution < -0.4 is 25.4 Å². The maximum absolute atomic E-state index is 12.5. The number of nitrogens with one attached hydrogen (secondary N) is 1. The fourth-order valence-corrected chi connectivity index (χ4v) is 3.39. The molecule has 1 unspecified atom stereocenters. The van der Waals surface area contributed by atoms with Crippen molar-refractivity contribution in [1.82, 2.24) is 10.2 Å². The molecule has 0 saturated carbocycles. The highest BCUT2D eigenvalue weighted by molar-refractivity contribution is 6.33. The molecule has 0 spiro atoms. The number of amides is 4. The largest absolute Gasteiger partial charge is 0.495 e. The zero-order valence-electron chi connectivity index (χ0n) is 16.9. The SMILES string of the molecule is COc1cc(N2CCN(C(=O)CCC(C)C(=O)NC(N)=O)CC2)cc(OC)c1Cl. The number of ether oxygens (including phenoxy) is 2. The van der Waals surface area contributed by atoms with E-state index in [9.17, 15) is 14.4 Å². The molecule has 1 aliphatic rings. The number of nitrogens with two attached hydrogens (primary N) is 1. The van der Waals surface area contributed by atoms with Crippen LogP contribution in [0.15, 0.2) is 12.1 Å². The summed E-state index contributed by atoms with van der Waals surface area (Å²) in [6, 6.07) is 2.81. The number of hydrogen-bond acceptors (Lipinski definition) is 6. The van der Waals surface area contributed by atoms with Crippen molar-refractivity contribution < 1.29 is 23.9 Å². The summed E-state index contributed by atoms with van der Waals surface area (Å²) >= 11 is 6.22. The van der Waals surface area contributed by atoms with Gasteiger partial charge in [-0.1, -0.05) is 18.5 Å². The van der Waals surface area contributed by atoms with E-state index < -0.39 is 17.9 Å². The molecular weight excluding hydrogens is 400 g/mol. The number of primary amides is 1. The normalized spacial score (nSPS) is 14.9. The van der Waals surface area contributed by atoms with Gasteiger partial charge in [0.1, 0.15) is 16.5 Å². The first-order valence-corrected chi connectivity index (χ1v) is 9.69. The summed E-state index contributed by atoms with van der Waals surface area (Å²) < 4.78 is 10.6. The molecular formula is C19H27ClN4O5. The van der Waals surface area contributed by atoms with E-state index in [0.29, 0.717) is 49.1 Å². The number of rotatable bonds is 7. The van der Waals surface area contributed by atoms with Gasteiger partial charge in [0.05, 0.1) is 14.2 Å². The molecule has 3 N–H and O–H groups in total. The summed E-state index contributed by atoms with van der Waals surface area (Å²) in [5, 5.41) is 2.45. The molecule has 10 heteroatoms. The van der Waals surface area contributed by atoms with Crippen LogP contribution in [0.4, 0.5) is 10.5 Å². The summed E-state index contributed by atoms with van der Waals surface area (Å²) in [6.45, 7) is 4.08. The first-order chi connectivity index (χ1) is 13.8. The van der Waals surface area contributed by atoms with Crippen molar-refractivity contribution in [2.45, 2.75) is 19.8 Å². The molecule has 0 bridgehead atoms. The summed E-state index contributed by atoms with van der Waals surface area (Å²) in [6.07, 6.45) is 0.583. The Labute approximate surface area is 175 Å². The third-order valence-electron chi connectivity index (χ3n) is 4.91. The Hall–Kier alpha value is -2.68. The van der Waals surface area contributed by atoms with Gasteiger partial charge >= 0.3 is 6.03 Å². The monoisotopic (exact) mass is 426 g/mol. The molecule has 1 aromatic rings. The fourth-order valence-electron chi connectivity index (χ4n) is 3.13. The molecule has 1 heterocycles. The Kier molecular flexibility index (Phi) is 7.95. The standard InChI is InChI=1S/C19H27ClN4O5/c1-12(18(26)22-19(21)27)4-5-16(25)24-8-6-23(7-9-24)13-10-14(28-2)17(20)15(11-13)29-3/h10-12H,4-9H2,1-3H3,(H3,21,22,26,27). The van der Waals surface area contributed by atoms with Gasteiger partial charge in [-0.25, -0.2) is 4.79 Å². The number of urea groups is 1. The van der Waals surface area contributed by atoms with E-state index in [1.807, 2.05) is 17.4 Å². The first-order valence-electron chi connectivity index (χ1n) is 9.31. The maximum Gasteiger partial charge on any atom is 0.318 e. The van der Waals surface area contributed by atoms with Crippen LogP contribution in [0.3, 0.4) is 0 Å². The number of nitrogens with zero attached hydrogens (tertiary/aromatic N) is 2. The van der Waals surface area contributed by atoms with E-state index in [2.05, 4.69) is 4.90 Å². The van der Waals surface area contributed by atoms with Crippen molar-refractivity contribution in [3.05, 3.63) is 17.2 Å². The van der Waals surface area contributed by atoms with Crippen molar-refractivity contribution in [2.24, 2.45) is 11.7 Å². The summed E-state index contributed by atoms with van der Waals surface area (Å²) in [5.41, 5.74) is 5.85. The Morgan fingerprint density at radius 2 is 1.69 bits per heavy atom. The quantitative estimate of drug-likeness (QED) is 0.684. The van der Waals surface area contributed by atoms with Gasteiger partial charge in [-0.2, -0.15) is 0 Å². The number of halogens is 1. The Balaban J connectivity index is 1.89. The molecule has 1 aromatic carbocycles. The maximum atomic E-state index is 12.5. The Morgan fingerprint density at radius 1 is 1.14 bits per heavy atom. The average Bonchev–Trinajstić information content (AvgIpc) is 2.71. The van der Waals surface area contributed by atoms with Crippen LogP contribution in [0.1, 0.15) is 19.8 Å². The third-order valence-corrected chi connectivity index (χ3v) is 5.29. The average molecular weight is 427 g/mol. The topological polar surface area (TPSA) is 114 Å². The van der Waals surface area contributed by atoms with Crippen molar-refractivity contribution in [2.75, 3.05) is 45.3 Å². The molecule has 0 radical (unpaired) electrons. The van der Waals surface area contributed by atoms with Crippen molar-refractivity contribution in [3.8, 4) is 11.5 Å². The van der Waals surface area contributed by atoms with Crippen LogP contribution >= 0.6 is 11.6 Å². The predicted octanol–water partition coefficient (Wildman–Crippen LogP) is 1.62. The Morgan fingerprint density at radius 3 is 2.17 bits per heavy atom. The minimum Gasteiger partial charge on any atom is -0.495 e. The number of benzene rings is 1. The van der Waals surface area contributed by atoms with E-state index in [1.54, 1.807) is 26.0 Å². The number of piperazine rings is 1. The zero-order chi connectivity index (χ0) is 21.6. The van der Waals surface area contributed by atoms with Crippen LogP contribution in [0.25, 0.3) is 0 Å². The lowest BCUT2D eigenvalue weighted by Crippen LogP contribution is -2.49. The number of hydrogen-bond donors (Lipinski definition) is 2. The van der Waals surface area contributed by atoms with Crippen LogP contribution in [0.2, 0.25) is 5.02 Å². The highest BCUT2D eigenvalue weighted by Gasteiger charge is 2.24. The van der Waals surface area contributed by atoms with Crippen molar-refractivity contribution in [3.63, 3.8) is 0 Å². The van der Waals surface area contributed by atoms with Gasteiger partial charge in [-0.3, -0.25) is 14.9 Å². The molecule has 1 saturated heterocycles. The number of imide groups is 1. The first kappa shape index (κ1) is 22.6. The Bertz CT molecular complexity index is 740. The number of carbonyl (C=O) groups excluding carboxylic acids is 3. The lowest BCUT2D eigenvalue weighted by atomic mass is 10.0. The molecule has 29 heavy (non-hydrogen) atoms. The van der Waals surface area contributed by atoms with Gasteiger partial charge in [-0.15, -0.1) is 0 Å². The fraction of sp³-hybridized carbons (Fsp3) is 0.526. The zero-order valence-corrected chi connectivity index (χ0v) is 17.6. The molecule has 0 aromatic heterocycles. The van der Waals surface area contributed by atoms with E-state index >= 15 is 0 Å². The minimum absolute atomic E-state index is 0.0188. The van der Waals surface area contributed by atoms with Crippen LogP contribution in [0, 0.1) is 5.92 Å². The third kappa shape index (κ3) is 5.90. The number of methoxy groups -OCH3 is 2. The van der Waals surface area contributed by atoms with E-state index in [1.165, 1.54) is 0 Å². The van der Waals surface area contributed by atoms with Crippen molar-refractivity contribution in [1.29, 1.82) is 0 Å². The lowest BCUT2D eigenvalue weighted by molar-refractivity contribution is -0.132. The molecule has 1 aliphatic heterocycles. The minimum atomic E-state index is -0.889. The van der Waals surface area contributed by atoms with Gasteiger partial charge in [0.15, 0.2) is 0 Å². The van der Waals surface area contributed by atoms with Crippen molar-refractivity contribution >= 4 is 35.1 Å². The number of carbonyl (C=O) groups is 3. The lowest BCUT2D eigenvalue weighted by Gasteiger charge is -2.36. The highest BCUT2D eigenvalue weighted by atomic mass is 35.5. The van der Waals surface area contributed by atoms with Gasteiger partial charge in [0, 0.05) is 56.3 Å². The second-order valence-electron chi connectivity index (χ2n) is 6.83. The molecule has 4 amide bonds. The van der Waals surface area contributed by atoms with Gasteiger partial charge in [-0.05, 0) is 6.42 Å². The van der Waals surface area contributed by atoms with E-state index in [-0.39, 0.29) is 12.3 Å². The molecule has 1 atom stereocenters. The summed E-state index contributed by atoms with van der Waals surface area (Å²) in [7, 11) is 3.09. The second-order valence-corrected chi connectivity index (χ2v) is 7.20. The molecule has 2 rings (SSSR count). The van der Waals surface area contributed by atoms with Gasteiger partial charge < -0.3 is 25.0 Å². The van der Waals surface area contributed by atoms with Crippen LogP contribution in [-0.4, -0.2) is 63.1 Å². The molecule has 160 valence electrons. The van der Waals surface area contributed by atoms with Crippen LogP contribution in [0.5, 0.6) is 11.5 Å². The predicted molar refractivity (Wildman–Crippen MR) is 109 cm³/mol. The summed E-state index contributed by atoms with van der Waals surface area (Å²) in [5.74, 6) is 0.0997. The van der Waals surface area contributed by atoms with Gasteiger partial charge in [0.25, 0.3) is 0 Å². The second kappa shape index (κ2) is 10.2. The smallest absolute Gasteiger partial charge is 0.318 e. The molecule has 1 fully saturated rings. The molecule has 0 aliphatic carbocycles. The van der Waals surface area contributed by atoms with Crippen LogP contribution in [-0.2, 0) is 9.59 Å². The van der Waals surface area contributed by atoms with E-state index in [4.69, 9.17) is 26.8 Å². The number of anilines is 1. The van der Waals surface area contributed by atoms with Gasteiger partial charge in [0.2, 0.25) is 11.8 Å². The summed E-state index contributed by atoms with van der Waals surface area (Å²) in [4.78, 5) is 38.8.